The first-order valence-electron chi connectivity index (χ1n) is 4.74. The van der Waals surface area contributed by atoms with Gasteiger partial charge in [-0.05, 0) is 25.5 Å². The van der Waals surface area contributed by atoms with Crippen LogP contribution in [-0.4, -0.2) is 21.0 Å². The van der Waals surface area contributed by atoms with E-state index < -0.39 is 11.4 Å². The van der Waals surface area contributed by atoms with Crippen LogP contribution in [0.4, 0.5) is 0 Å². The standard InChI is InChI=1S/C11H10N2O3/c1-5-3-4-12-9-8(5)13-6(2)7(10(9)14)11(15)16/h3-4H,1-2H3,(H,13,14)(H,15,16). The molecule has 2 aromatic heterocycles. The maximum Gasteiger partial charge on any atom is 0.341 e. The van der Waals surface area contributed by atoms with Gasteiger partial charge in [-0.2, -0.15) is 0 Å². The fraction of sp³-hybridized carbons (Fsp3) is 0.182. The van der Waals surface area contributed by atoms with Crippen LogP contribution in [0.25, 0.3) is 11.0 Å². The number of rotatable bonds is 1. The summed E-state index contributed by atoms with van der Waals surface area (Å²) in [5, 5.41) is 8.93. The molecule has 5 nitrogen and oxygen atoms in total. The minimum Gasteiger partial charge on any atom is -0.477 e. The Balaban J connectivity index is 3.01. The molecule has 2 N–H and O–H groups in total. The summed E-state index contributed by atoms with van der Waals surface area (Å²) in [4.78, 5) is 29.6. The van der Waals surface area contributed by atoms with E-state index in [1.807, 2.05) is 6.92 Å². The normalized spacial score (nSPS) is 10.6. The third-order valence-electron chi connectivity index (χ3n) is 2.50. The third kappa shape index (κ3) is 1.37. The Morgan fingerprint density at radius 1 is 1.44 bits per heavy atom. The molecule has 0 aliphatic heterocycles. The van der Waals surface area contributed by atoms with Gasteiger partial charge in [0.15, 0.2) is 0 Å². The SMILES string of the molecule is Cc1[nH]c2c(C)ccnc2c(=O)c1C(=O)O. The van der Waals surface area contributed by atoms with Crippen molar-refractivity contribution in [3.8, 4) is 0 Å². The molecule has 0 aliphatic carbocycles. The van der Waals surface area contributed by atoms with Crippen LogP contribution in [0.2, 0.25) is 0 Å². The molecule has 0 saturated heterocycles. The summed E-state index contributed by atoms with van der Waals surface area (Å²) in [6.45, 7) is 3.40. The summed E-state index contributed by atoms with van der Waals surface area (Å²) < 4.78 is 0. The monoisotopic (exact) mass is 218 g/mol. The van der Waals surface area contributed by atoms with Gasteiger partial charge >= 0.3 is 5.97 Å². The van der Waals surface area contributed by atoms with Crippen molar-refractivity contribution in [2.75, 3.05) is 0 Å². The molecular formula is C11H10N2O3. The van der Waals surface area contributed by atoms with Gasteiger partial charge in [-0.1, -0.05) is 0 Å². The minimum atomic E-state index is -1.23. The van der Waals surface area contributed by atoms with Gasteiger partial charge in [0, 0.05) is 11.9 Å². The number of carboxylic acids is 1. The van der Waals surface area contributed by atoms with E-state index in [1.54, 1.807) is 13.0 Å². The fourth-order valence-corrected chi connectivity index (χ4v) is 1.68. The number of hydrogen-bond acceptors (Lipinski definition) is 3. The van der Waals surface area contributed by atoms with Crippen molar-refractivity contribution in [2.45, 2.75) is 13.8 Å². The summed E-state index contributed by atoms with van der Waals surface area (Å²) >= 11 is 0. The molecule has 0 bridgehead atoms. The van der Waals surface area contributed by atoms with E-state index in [2.05, 4.69) is 9.97 Å². The number of hydrogen-bond donors (Lipinski definition) is 2. The second-order valence-corrected chi connectivity index (χ2v) is 3.61. The quantitative estimate of drug-likeness (QED) is 0.754. The van der Waals surface area contributed by atoms with E-state index in [0.717, 1.165) is 5.56 Å². The van der Waals surface area contributed by atoms with Crippen molar-refractivity contribution in [2.24, 2.45) is 0 Å². The fourth-order valence-electron chi connectivity index (χ4n) is 1.68. The zero-order valence-corrected chi connectivity index (χ0v) is 8.87. The lowest BCUT2D eigenvalue weighted by atomic mass is 10.1. The van der Waals surface area contributed by atoms with Crippen LogP contribution < -0.4 is 5.43 Å². The zero-order valence-electron chi connectivity index (χ0n) is 8.87. The Hall–Kier alpha value is -2.17. The predicted molar refractivity (Wildman–Crippen MR) is 58.8 cm³/mol. The molecule has 0 aromatic carbocycles. The van der Waals surface area contributed by atoms with E-state index in [-0.39, 0.29) is 11.1 Å². The van der Waals surface area contributed by atoms with Gasteiger partial charge in [0.1, 0.15) is 11.1 Å². The Labute approximate surface area is 90.8 Å². The van der Waals surface area contributed by atoms with Gasteiger partial charge in [0.05, 0.1) is 5.52 Å². The van der Waals surface area contributed by atoms with Crippen molar-refractivity contribution in [3.63, 3.8) is 0 Å². The Morgan fingerprint density at radius 2 is 2.12 bits per heavy atom. The van der Waals surface area contributed by atoms with E-state index >= 15 is 0 Å². The van der Waals surface area contributed by atoms with Gasteiger partial charge in [0.2, 0.25) is 5.43 Å². The number of aromatic amines is 1. The molecule has 0 aliphatic rings. The Bertz CT molecular complexity index is 643. The van der Waals surface area contributed by atoms with E-state index in [4.69, 9.17) is 5.11 Å². The highest BCUT2D eigenvalue weighted by molar-refractivity contribution is 5.93. The van der Waals surface area contributed by atoms with E-state index in [0.29, 0.717) is 11.2 Å². The number of nitrogens with zero attached hydrogens (tertiary/aromatic N) is 1. The third-order valence-corrected chi connectivity index (χ3v) is 2.50. The second kappa shape index (κ2) is 3.44. The van der Waals surface area contributed by atoms with Gasteiger partial charge < -0.3 is 10.1 Å². The van der Waals surface area contributed by atoms with Gasteiger partial charge in [-0.25, -0.2) is 4.79 Å². The van der Waals surface area contributed by atoms with Crippen molar-refractivity contribution in [1.82, 2.24) is 9.97 Å². The summed E-state index contributed by atoms with van der Waals surface area (Å²) in [6, 6.07) is 1.76. The molecule has 0 fully saturated rings. The second-order valence-electron chi connectivity index (χ2n) is 3.61. The number of carboxylic acid groups (broad SMARTS) is 1. The number of pyridine rings is 2. The maximum atomic E-state index is 11.9. The molecule has 0 saturated carbocycles. The molecule has 0 atom stereocenters. The van der Waals surface area contributed by atoms with Gasteiger partial charge in [-0.3, -0.25) is 9.78 Å². The van der Waals surface area contributed by atoms with Crippen molar-refractivity contribution in [1.29, 1.82) is 0 Å². The van der Waals surface area contributed by atoms with Crippen LogP contribution >= 0.6 is 0 Å². The van der Waals surface area contributed by atoms with Crippen LogP contribution in [-0.2, 0) is 0 Å². The summed E-state index contributed by atoms with van der Waals surface area (Å²) in [5.74, 6) is -1.23. The van der Waals surface area contributed by atoms with Gasteiger partial charge in [0.25, 0.3) is 0 Å². The molecule has 0 unspecified atom stereocenters. The zero-order chi connectivity index (χ0) is 11.9. The number of nitrogens with one attached hydrogen (secondary N) is 1. The lowest BCUT2D eigenvalue weighted by molar-refractivity contribution is 0.0694. The van der Waals surface area contributed by atoms with E-state index in [9.17, 15) is 9.59 Å². The molecule has 2 aromatic rings. The molecule has 2 heterocycles. The number of aromatic carboxylic acids is 1. The topological polar surface area (TPSA) is 83.0 Å². The first-order valence-corrected chi connectivity index (χ1v) is 4.74. The molecule has 0 radical (unpaired) electrons. The lowest BCUT2D eigenvalue weighted by Crippen LogP contribution is -2.19. The van der Waals surface area contributed by atoms with Crippen molar-refractivity contribution < 1.29 is 9.90 Å². The summed E-state index contributed by atoms with van der Waals surface area (Å²) in [7, 11) is 0. The maximum absolute atomic E-state index is 11.9. The highest BCUT2D eigenvalue weighted by atomic mass is 16.4. The predicted octanol–water partition coefficient (Wildman–Crippen LogP) is 1.24. The van der Waals surface area contributed by atoms with Crippen LogP contribution in [0, 0.1) is 13.8 Å². The van der Waals surface area contributed by atoms with Crippen molar-refractivity contribution >= 4 is 17.0 Å². The first kappa shape index (κ1) is 10.4. The molecule has 2 rings (SSSR count). The number of fused-ring (bicyclic) bond motifs is 1. The van der Waals surface area contributed by atoms with Gasteiger partial charge in [-0.15, -0.1) is 0 Å². The van der Waals surface area contributed by atoms with Crippen LogP contribution in [0.1, 0.15) is 21.6 Å². The molecule has 0 spiro atoms. The number of H-pyrrole nitrogens is 1. The molecular weight excluding hydrogens is 208 g/mol. The molecule has 82 valence electrons. The minimum absolute atomic E-state index is 0.169. The smallest absolute Gasteiger partial charge is 0.341 e. The number of aromatic nitrogens is 2. The van der Waals surface area contributed by atoms with Crippen LogP contribution in [0.5, 0.6) is 0 Å². The number of carbonyl (C=O) groups is 1. The average molecular weight is 218 g/mol. The van der Waals surface area contributed by atoms with Crippen molar-refractivity contribution in [3.05, 3.63) is 39.3 Å². The largest absolute Gasteiger partial charge is 0.477 e. The number of aryl methyl sites for hydroxylation is 2. The molecule has 0 amide bonds. The summed E-state index contributed by atoms with van der Waals surface area (Å²) in [5.41, 5.74) is 1.19. The Morgan fingerprint density at radius 3 is 2.75 bits per heavy atom. The molecule has 5 heteroatoms. The Kier molecular flexibility index (Phi) is 2.23. The first-order chi connectivity index (χ1) is 7.52. The average Bonchev–Trinajstić information content (AvgIpc) is 2.19. The molecule has 16 heavy (non-hydrogen) atoms. The highest BCUT2D eigenvalue weighted by Crippen LogP contribution is 2.12. The van der Waals surface area contributed by atoms with E-state index in [1.165, 1.54) is 6.20 Å². The summed E-state index contributed by atoms with van der Waals surface area (Å²) in [6.07, 6.45) is 1.49. The highest BCUT2D eigenvalue weighted by Gasteiger charge is 2.16. The lowest BCUT2D eigenvalue weighted by Gasteiger charge is -2.05. The van der Waals surface area contributed by atoms with Crippen LogP contribution in [0.3, 0.4) is 0 Å². The van der Waals surface area contributed by atoms with Crippen LogP contribution in [0.15, 0.2) is 17.1 Å².